The fourth-order valence-corrected chi connectivity index (χ4v) is 1.31. The highest BCUT2D eigenvalue weighted by Gasteiger charge is 2.14. The Bertz CT molecular complexity index is 441. The van der Waals surface area contributed by atoms with Gasteiger partial charge in [0.2, 0.25) is 5.91 Å². The molecule has 0 unspecified atom stereocenters. The molecule has 1 rings (SSSR count). The van der Waals surface area contributed by atoms with Crippen molar-refractivity contribution in [2.45, 2.75) is 19.4 Å². The van der Waals surface area contributed by atoms with E-state index >= 15 is 0 Å². The second-order valence-corrected chi connectivity index (χ2v) is 3.35. The van der Waals surface area contributed by atoms with Crippen LogP contribution in [0, 0.1) is 0 Å². The van der Waals surface area contributed by atoms with Gasteiger partial charge in [0.05, 0.1) is 7.11 Å². The summed E-state index contributed by atoms with van der Waals surface area (Å²) in [5, 5.41) is 6.09. The zero-order valence-corrected chi connectivity index (χ0v) is 9.75. The summed E-state index contributed by atoms with van der Waals surface area (Å²) in [6.45, 7) is 1.78. The van der Waals surface area contributed by atoms with E-state index in [1.807, 2.05) is 0 Å². The molecule has 0 radical (unpaired) electrons. The Morgan fingerprint density at radius 1 is 1.65 bits per heavy atom. The number of hydrogen-bond donors (Lipinski definition) is 1. The van der Waals surface area contributed by atoms with Crippen LogP contribution in [0.25, 0.3) is 10.4 Å². The normalized spacial score (nSPS) is 11.2. The molecule has 17 heavy (non-hydrogen) atoms. The number of amides is 1. The van der Waals surface area contributed by atoms with Crippen LogP contribution in [-0.4, -0.2) is 19.1 Å². The number of methoxy groups -OCH3 is 1. The van der Waals surface area contributed by atoms with Crippen molar-refractivity contribution in [2.24, 2.45) is 5.11 Å². The second kappa shape index (κ2) is 6.40. The van der Waals surface area contributed by atoms with Gasteiger partial charge in [-0.25, -0.2) is 0 Å². The van der Waals surface area contributed by atoms with E-state index < -0.39 is 6.04 Å². The molecular formula is C11H14N4O2. The van der Waals surface area contributed by atoms with Crippen LogP contribution in [0.3, 0.4) is 0 Å². The van der Waals surface area contributed by atoms with Crippen molar-refractivity contribution in [3.63, 3.8) is 0 Å². The minimum Gasteiger partial charge on any atom is -0.497 e. The molecule has 0 aromatic heterocycles. The maximum Gasteiger partial charge on any atom is 0.233 e. The van der Waals surface area contributed by atoms with Gasteiger partial charge in [-0.3, -0.25) is 4.79 Å². The molecule has 6 heteroatoms. The first kappa shape index (κ1) is 12.9. The number of rotatable bonds is 5. The molecule has 0 aliphatic heterocycles. The van der Waals surface area contributed by atoms with E-state index in [2.05, 4.69) is 15.3 Å². The first-order valence-electron chi connectivity index (χ1n) is 5.20. The topological polar surface area (TPSA) is 87.1 Å². The van der Waals surface area contributed by atoms with Crippen LogP contribution in [0.5, 0.6) is 5.75 Å². The van der Waals surface area contributed by atoms with Gasteiger partial charge in [0.1, 0.15) is 11.8 Å². The summed E-state index contributed by atoms with van der Waals surface area (Å²) in [7, 11) is 1.55. The van der Waals surface area contributed by atoms with Crippen LogP contribution < -0.4 is 10.1 Å². The van der Waals surface area contributed by atoms with Crippen molar-refractivity contribution >= 4 is 11.6 Å². The number of anilines is 1. The first-order valence-corrected chi connectivity index (χ1v) is 5.20. The number of ether oxygens (including phenoxy) is 1. The summed E-state index contributed by atoms with van der Waals surface area (Å²) >= 11 is 0. The van der Waals surface area contributed by atoms with Crippen LogP contribution in [0.2, 0.25) is 0 Å². The third kappa shape index (κ3) is 3.70. The van der Waals surface area contributed by atoms with Gasteiger partial charge in [0.15, 0.2) is 0 Å². The summed E-state index contributed by atoms with van der Waals surface area (Å²) in [5.41, 5.74) is 8.94. The molecule has 0 fully saturated rings. The Hall–Kier alpha value is -2.20. The minimum absolute atomic E-state index is 0.321. The van der Waals surface area contributed by atoms with E-state index in [1.54, 1.807) is 38.3 Å². The molecule has 1 aromatic carbocycles. The molecule has 0 heterocycles. The number of carbonyl (C=O) groups excluding carboxylic acids is 1. The largest absolute Gasteiger partial charge is 0.497 e. The first-order chi connectivity index (χ1) is 8.21. The Morgan fingerprint density at radius 3 is 3.00 bits per heavy atom. The maximum absolute atomic E-state index is 11.7. The molecular weight excluding hydrogens is 220 g/mol. The lowest BCUT2D eigenvalue weighted by Gasteiger charge is -2.10. The van der Waals surface area contributed by atoms with Gasteiger partial charge in [-0.05, 0) is 24.1 Å². The van der Waals surface area contributed by atoms with Gasteiger partial charge in [-0.15, -0.1) is 0 Å². The van der Waals surface area contributed by atoms with Gasteiger partial charge in [0.25, 0.3) is 0 Å². The SMILES string of the molecule is CC[C@H](N=[N+]=[N-])C(=O)Nc1cccc(OC)c1. The Labute approximate surface area is 99.2 Å². The molecule has 1 aromatic rings. The Kier molecular flexibility index (Phi) is 4.84. The Balaban J connectivity index is 2.75. The molecule has 90 valence electrons. The third-order valence-electron chi connectivity index (χ3n) is 2.22. The van der Waals surface area contributed by atoms with Crippen molar-refractivity contribution in [3.05, 3.63) is 34.7 Å². The van der Waals surface area contributed by atoms with E-state index in [0.717, 1.165) is 0 Å². The predicted molar refractivity (Wildman–Crippen MR) is 64.8 cm³/mol. The number of azide groups is 1. The number of hydrogen-bond acceptors (Lipinski definition) is 3. The standard InChI is InChI=1S/C11H14N4O2/c1-3-10(14-15-12)11(16)13-8-5-4-6-9(7-8)17-2/h4-7,10H,3H2,1-2H3,(H,13,16)/t10-/m0/s1. The summed E-state index contributed by atoms with van der Waals surface area (Å²) in [6, 6.07) is 6.29. The van der Waals surface area contributed by atoms with E-state index in [1.165, 1.54) is 0 Å². The molecule has 1 amide bonds. The number of carbonyl (C=O) groups is 1. The van der Waals surface area contributed by atoms with Crippen LogP contribution in [0.1, 0.15) is 13.3 Å². The summed E-state index contributed by atoms with van der Waals surface area (Å²) in [4.78, 5) is 14.4. The van der Waals surface area contributed by atoms with E-state index in [0.29, 0.717) is 17.9 Å². The third-order valence-corrected chi connectivity index (χ3v) is 2.22. The fourth-order valence-electron chi connectivity index (χ4n) is 1.31. The van der Waals surface area contributed by atoms with Crippen molar-refractivity contribution in [1.82, 2.24) is 0 Å². The molecule has 1 N–H and O–H groups in total. The monoisotopic (exact) mass is 234 g/mol. The van der Waals surface area contributed by atoms with E-state index in [-0.39, 0.29) is 5.91 Å². The lowest BCUT2D eigenvalue weighted by atomic mass is 10.2. The van der Waals surface area contributed by atoms with Crippen molar-refractivity contribution in [3.8, 4) is 5.75 Å². The number of nitrogens with one attached hydrogen (secondary N) is 1. The highest BCUT2D eigenvalue weighted by molar-refractivity contribution is 5.95. The maximum atomic E-state index is 11.7. The van der Waals surface area contributed by atoms with Crippen LogP contribution in [-0.2, 0) is 4.79 Å². The molecule has 0 bridgehead atoms. The van der Waals surface area contributed by atoms with Gasteiger partial charge < -0.3 is 10.1 Å². The smallest absolute Gasteiger partial charge is 0.233 e. The molecule has 0 saturated heterocycles. The average Bonchev–Trinajstić information content (AvgIpc) is 2.36. The van der Waals surface area contributed by atoms with Gasteiger partial charge in [0, 0.05) is 16.7 Å². The molecule has 1 atom stereocenters. The quantitative estimate of drug-likeness (QED) is 0.482. The van der Waals surface area contributed by atoms with Gasteiger partial charge in [-0.1, -0.05) is 18.1 Å². The lowest BCUT2D eigenvalue weighted by molar-refractivity contribution is -0.117. The van der Waals surface area contributed by atoms with Crippen LogP contribution in [0.15, 0.2) is 29.4 Å². The molecule has 0 aliphatic carbocycles. The summed E-state index contributed by atoms with van der Waals surface area (Å²) < 4.78 is 5.04. The molecule has 0 spiro atoms. The number of nitrogens with zero attached hydrogens (tertiary/aromatic N) is 3. The van der Waals surface area contributed by atoms with Crippen molar-refractivity contribution < 1.29 is 9.53 Å². The summed E-state index contributed by atoms with van der Waals surface area (Å²) in [6.07, 6.45) is 0.458. The van der Waals surface area contributed by atoms with Gasteiger partial charge >= 0.3 is 0 Å². The minimum atomic E-state index is -0.689. The predicted octanol–water partition coefficient (Wildman–Crippen LogP) is 2.72. The van der Waals surface area contributed by atoms with E-state index in [4.69, 9.17) is 10.3 Å². The molecule has 6 nitrogen and oxygen atoms in total. The fraction of sp³-hybridized carbons (Fsp3) is 0.364. The molecule has 0 aliphatic rings. The zero-order chi connectivity index (χ0) is 12.7. The van der Waals surface area contributed by atoms with Gasteiger partial charge in [-0.2, -0.15) is 0 Å². The second-order valence-electron chi connectivity index (χ2n) is 3.35. The lowest BCUT2D eigenvalue weighted by Crippen LogP contribution is -2.25. The van der Waals surface area contributed by atoms with Crippen molar-refractivity contribution in [1.29, 1.82) is 0 Å². The highest BCUT2D eigenvalue weighted by atomic mass is 16.5. The number of benzene rings is 1. The van der Waals surface area contributed by atoms with Crippen molar-refractivity contribution in [2.75, 3.05) is 12.4 Å². The zero-order valence-electron chi connectivity index (χ0n) is 9.75. The average molecular weight is 234 g/mol. The Morgan fingerprint density at radius 2 is 2.41 bits per heavy atom. The summed E-state index contributed by atoms with van der Waals surface area (Å²) in [5.74, 6) is 0.332. The van der Waals surface area contributed by atoms with Crippen LogP contribution in [0.4, 0.5) is 5.69 Å². The molecule has 0 saturated carbocycles. The highest BCUT2D eigenvalue weighted by Crippen LogP contribution is 2.17. The van der Waals surface area contributed by atoms with Crippen LogP contribution >= 0.6 is 0 Å². The van der Waals surface area contributed by atoms with E-state index in [9.17, 15) is 4.79 Å².